The lowest BCUT2D eigenvalue weighted by atomic mass is 9.84. The number of rotatable bonds is 2. The highest BCUT2D eigenvalue weighted by Gasteiger charge is 2.35. The summed E-state index contributed by atoms with van der Waals surface area (Å²) in [5, 5.41) is 0. The van der Waals surface area contributed by atoms with Crippen molar-refractivity contribution in [1.82, 2.24) is 4.90 Å². The number of nitrogens with two attached hydrogens (primary N) is 1. The largest absolute Gasteiger partial charge is 0.453 e. The van der Waals surface area contributed by atoms with Crippen molar-refractivity contribution >= 4 is 6.09 Å². The monoisotopic (exact) mass is 242 g/mol. The number of nitrogens with zero attached hydrogens (tertiary/aromatic N) is 1. The van der Waals surface area contributed by atoms with E-state index in [0.29, 0.717) is 12.0 Å². The van der Waals surface area contributed by atoms with Crippen LogP contribution in [0.5, 0.6) is 0 Å². The van der Waals surface area contributed by atoms with Crippen molar-refractivity contribution in [3.8, 4) is 0 Å². The van der Waals surface area contributed by atoms with Crippen molar-refractivity contribution in [1.29, 1.82) is 0 Å². The summed E-state index contributed by atoms with van der Waals surface area (Å²) in [4.78, 5) is 13.8. The van der Waals surface area contributed by atoms with E-state index in [1.165, 1.54) is 7.11 Å². The molecule has 1 aliphatic rings. The van der Waals surface area contributed by atoms with Crippen LogP contribution in [0.2, 0.25) is 0 Å². The van der Waals surface area contributed by atoms with Crippen LogP contribution < -0.4 is 5.73 Å². The van der Waals surface area contributed by atoms with Crippen LogP contribution in [-0.2, 0) is 4.74 Å². The van der Waals surface area contributed by atoms with Gasteiger partial charge in [0, 0.05) is 11.6 Å². The first-order chi connectivity index (χ1) is 7.90. The fourth-order valence-electron chi connectivity index (χ4n) is 2.71. The first-order valence-corrected chi connectivity index (χ1v) is 6.47. The second-order valence-corrected chi connectivity index (χ2v) is 5.92. The summed E-state index contributed by atoms with van der Waals surface area (Å²) in [6, 6.07) is 0.297. The Morgan fingerprint density at radius 3 is 2.18 bits per heavy atom. The summed E-state index contributed by atoms with van der Waals surface area (Å²) in [6.07, 6.45) is 4.09. The summed E-state index contributed by atoms with van der Waals surface area (Å²) < 4.78 is 4.91. The highest BCUT2D eigenvalue weighted by molar-refractivity contribution is 5.68. The van der Waals surface area contributed by atoms with Crippen LogP contribution in [0.3, 0.4) is 0 Å². The van der Waals surface area contributed by atoms with Crippen molar-refractivity contribution in [2.24, 2.45) is 11.7 Å². The highest BCUT2D eigenvalue weighted by atomic mass is 16.5. The molecule has 2 N–H and O–H groups in total. The van der Waals surface area contributed by atoms with Crippen molar-refractivity contribution in [3.05, 3.63) is 0 Å². The number of carbonyl (C=O) groups is 1. The topological polar surface area (TPSA) is 55.6 Å². The van der Waals surface area contributed by atoms with Crippen LogP contribution in [0.15, 0.2) is 0 Å². The molecule has 0 spiro atoms. The van der Waals surface area contributed by atoms with Crippen LogP contribution in [0.1, 0.15) is 46.5 Å². The van der Waals surface area contributed by atoms with Crippen molar-refractivity contribution in [3.63, 3.8) is 0 Å². The second kappa shape index (κ2) is 5.71. The van der Waals surface area contributed by atoms with Gasteiger partial charge in [0.1, 0.15) is 0 Å². The molecule has 1 rings (SSSR count). The van der Waals surface area contributed by atoms with E-state index in [1.807, 2.05) is 4.90 Å². The SMILES string of the molecule is COC(=O)N(C1CCC(CN)CC1)C(C)(C)C. The fourth-order valence-corrected chi connectivity index (χ4v) is 2.71. The molecule has 0 aromatic carbocycles. The Morgan fingerprint density at radius 2 is 1.82 bits per heavy atom. The third kappa shape index (κ3) is 3.60. The first-order valence-electron chi connectivity index (χ1n) is 6.47. The van der Waals surface area contributed by atoms with E-state index >= 15 is 0 Å². The maximum Gasteiger partial charge on any atom is 0.410 e. The average molecular weight is 242 g/mol. The minimum atomic E-state index is -0.214. The standard InChI is InChI=1S/C13H26N2O2/c1-13(2,3)15(12(16)17-4)11-7-5-10(9-14)6-8-11/h10-11H,5-9,14H2,1-4H3. The van der Waals surface area contributed by atoms with E-state index < -0.39 is 0 Å². The Bertz CT molecular complexity index is 253. The molecule has 0 aromatic heterocycles. The van der Waals surface area contributed by atoms with E-state index in [-0.39, 0.29) is 11.6 Å². The number of ether oxygens (including phenoxy) is 1. The maximum absolute atomic E-state index is 11.9. The quantitative estimate of drug-likeness (QED) is 0.808. The molecule has 0 atom stereocenters. The molecule has 0 saturated heterocycles. The Labute approximate surface area is 104 Å². The molecule has 0 heterocycles. The van der Waals surface area contributed by atoms with E-state index in [9.17, 15) is 4.79 Å². The number of methoxy groups -OCH3 is 1. The lowest BCUT2D eigenvalue weighted by Gasteiger charge is -2.43. The molecule has 0 bridgehead atoms. The minimum absolute atomic E-state index is 0.187. The van der Waals surface area contributed by atoms with Gasteiger partial charge in [0.05, 0.1) is 7.11 Å². The maximum atomic E-state index is 11.9. The van der Waals surface area contributed by atoms with E-state index in [4.69, 9.17) is 10.5 Å². The van der Waals surface area contributed by atoms with Gasteiger partial charge in [-0.2, -0.15) is 0 Å². The van der Waals surface area contributed by atoms with Gasteiger partial charge in [0.2, 0.25) is 0 Å². The predicted molar refractivity (Wildman–Crippen MR) is 68.8 cm³/mol. The summed E-state index contributed by atoms with van der Waals surface area (Å²) in [5.41, 5.74) is 5.50. The molecule has 1 amide bonds. The van der Waals surface area contributed by atoms with Crippen molar-refractivity contribution in [2.45, 2.75) is 58.0 Å². The summed E-state index contributed by atoms with van der Waals surface area (Å²) in [5.74, 6) is 0.630. The number of hydrogen-bond donors (Lipinski definition) is 1. The van der Waals surface area contributed by atoms with Gasteiger partial charge in [0.15, 0.2) is 0 Å². The van der Waals surface area contributed by atoms with Crippen molar-refractivity contribution in [2.75, 3.05) is 13.7 Å². The van der Waals surface area contributed by atoms with Crippen LogP contribution in [-0.4, -0.2) is 36.2 Å². The van der Waals surface area contributed by atoms with Gasteiger partial charge >= 0.3 is 6.09 Å². The Morgan fingerprint density at radius 1 is 1.29 bits per heavy atom. The average Bonchev–Trinajstić information content (AvgIpc) is 2.28. The third-order valence-electron chi connectivity index (χ3n) is 3.61. The van der Waals surface area contributed by atoms with Gasteiger partial charge in [0.25, 0.3) is 0 Å². The molecule has 17 heavy (non-hydrogen) atoms. The summed E-state index contributed by atoms with van der Waals surface area (Å²) in [7, 11) is 1.45. The first kappa shape index (κ1) is 14.3. The zero-order chi connectivity index (χ0) is 13.1. The molecule has 4 heteroatoms. The molecule has 0 aliphatic heterocycles. The molecule has 100 valence electrons. The van der Waals surface area contributed by atoms with Gasteiger partial charge in [-0.15, -0.1) is 0 Å². The van der Waals surface area contributed by atoms with Gasteiger partial charge in [-0.1, -0.05) is 0 Å². The summed E-state index contributed by atoms with van der Waals surface area (Å²) in [6.45, 7) is 6.93. The van der Waals surface area contributed by atoms with Crippen LogP contribution in [0.4, 0.5) is 4.79 Å². The predicted octanol–water partition coefficient (Wildman–Crippen LogP) is 2.37. The highest BCUT2D eigenvalue weighted by Crippen LogP contribution is 2.31. The van der Waals surface area contributed by atoms with Gasteiger partial charge in [-0.3, -0.25) is 0 Å². The molecule has 0 radical (unpaired) electrons. The lowest BCUT2D eigenvalue weighted by molar-refractivity contribution is 0.0400. The van der Waals surface area contributed by atoms with Gasteiger partial charge in [-0.05, 0) is 58.9 Å². The molecule has 0 aromatic rings. The molecular formula is C13H26N2O2. The zero-order valence-corrected chi connectivity index (χ0v) is 11.5. The molecule has 0 unspecified atom stereocenters. The summed E-state index contributed by atoms with van der Waals surface area (Å²) >= 11 is 0. The fraction of sp³-hybridized carbons (Fsp3) is 0.923. The molecular weight excluding hydrogens is 216 g/mol. The van der Waals surface area contributed by atoms with E-state index in [1.54, 1.807) is 0 Å². The molecule has 4 nitrogen and oxygen atoms in total. The second-order valence-electron chi connectivity index (χ2n) is 5.92. The van der Waals surface area contributed by atoms with Gasteiger partial charge in [-0.25, -0.2) is 4.79 Å². The number of amides is 1. The third-order valence-corrected chi connectivity index (χ3v) is 3.61. The zero-order valence-electron chi connectivity index (χ0n) is 11.5. The van der Waals surface area contributed by atoms with E-state index in [0.717, 1.165) is 32.2 Å². The lowest BCUT2D eigenvalue weighted by Crippen LogP contribution is -2.52. The van der Waals surface area contributed by atoms with Gasteiger partial charge < -0.3 is 15.4 Å². The Kier molecular flexibility index (Phi) is 4.80. The van der Waals surface area contributed by atoms with Crippen LogP contribution in [0.25, 0.3) is 0 Å². The van der Waals surface area contributed by atoms with Crippen LogP contribution >= 0.6 is 0 Å². The Hall–Kier alpha value is -0.770. The molecule has 1 aliphatic carbocycles. The molecule has 1 fully saturated rings. The van der Waals surface area contributed by atoms with E-state index in [2.05, 4.69) is 20.8 Å². The number of carbonyl (C=O) groups excluding carboxylic acids is 1. The Balaban J connectivity index is 2.70. The normalized spacial score (nSPS) is 25.5. The smallest absolute Gasteiger partial charge is 0.410 e. The van der Waals surface area contributed by atoms with Crippen molar-refractivity contribution < 1.29 is 9.53 Å². The molecule has 1 saturated carbocycles. The minimum Gasteiger partial charge on any atom is -0.453 e. The number of hydrogen-bond acceptors (Lipinski definition) is 3. The van der Waals surface area contributed by atoms with Crippen LogP contribution in [0, 0.1) is 5.92 Å².